The van der Waals surface area contributed by atoms with Crippen LogP contribution in [0.5, 0.6) is 0 Å². The van der Waals surface area contributed by atoms with Crippen molar-refractivity contribution in [3.63, 3.8) is 0 Å². The van der Waals surface area contributed by atoms with Crippen LogP contribution in [-0.4, -0.2) is 56.5 Å². The number of methoxy groups -OCH3 is 1. The Morgan fingerprint density at radius 2 is 2.12 bits per heavy atom. The molecule has 3 rings (SSSR count). The Labute approximate surface area is 151 Å². The number of rotatable bonds is 7. The van der Waals surface area contributed by atoms with Crippen LogP contribution >= 0.6 is 0 Å². The summed E-state index contributed by atoms with van der Waals surface area (Å²) in [4.78, 5) is 27.8. The predicted octanol–water partition coefficient (Wildman–Crippen LogP) is 2.27. The highest BCUT2D eigenvalue weighted by Crippen LogP contribution is 2.31. The summed E-state index contributed by atoms with van der Waals surface area (Å²) in [7, 11) is 1.46. The second kappa shape index (κ2) is 8.12. The SMILES string of the molecule is COCCN(CC(F)F)C(=O)C1CC(=O)N(c2ccc3c(c2)CCC3)C1. The van der Waals surface area contributed by atoms with Gasteiger partial charge in [-0.25, -0.2) is 8.78 Å². The average Bonchev–Trinajstić information content (AvgIpc) is 3.23. The summed E-state index contributed by atoms with van der Waals surface area (Å²) in [6.45, 7) is -0.105. The average molecular weight is 366 g/mol. The molecule has 1 saturated heterocycles. The highest BCUT2D eigenvalue weighted by Gasteiger charge is 2.38. The summed E-state index contributed by atoms with van der Waals surface area (Å²) in [5, 5.41) is 0. The second-order valence-corrected chi connectivity index (χ2v) is 6.88. The Bertz CT molecular complexity index is 681. The summed E-state index contributed by atoms with van der Waals surface area (Å²) >= 11 is 0. The van der Waals surface area contributed by atoms with Crippen molar-refractivity contribution in [2.24, 2.45) is 5.92 Å². The number of carbonyl (C=O) groups is 2. The number of anilines is 1. The highest BCUT2D eigenvalue weighted by atomic mass is 19.3. The number of halogens is 2. The van der Waals surface area contributed by atoms with Crippen LogP contribution in [0.3, 0.4) is 0 Å². The minimum absolute atomic E-state index is 0.0582. The van der Waals surface area contributed by atoms with Crippen molar-refractivity contribution >= 4 is 17.5 Å². The van der Waals surface area contributed by atoms with Gasteiger partial charge in [-0.1, -0.05) is 6.07 Å². The molecule has 1 fully saturated rings. The summed E-state index contributed by atoms with van der Waals surface area (Å²) in [5.74, 6) is -1.13. The topological polar surface area (TPSA) is 49.9 Å². The third-order valence-corrected chi connectivity index (χ3v) is 5.10. The van der Waals surface area contributed by atoms with Gasteiger partial charge >= 0.3 is 0 Å². The third kappa shape index (κ3) is 4.03. The molecule has 0 N–H and O–H groups in total. The van der Waals surface area contributed by atoms with Gasteiger partial charge in [-0.2, -0.15) is 0 Å². The van der Waals surface area contributed by atoms with Gasteiger partial charge in [0, 0.05) is 32.3 Å². The van der Waals surface area contributed by atoms with E-state index in [1.807, 2.05) is 18.2 Å². The van der Waals surface area contributed by atoms with Crippen LogP contribution in [0, 0.1) is 5.92 Å². The van der Waals surface area contributed by atoms with Crippen molar-refractivity contribution in [2.45, 2.75) is 32.1 Å². The molecule has 1 heterocycles. The zero-order valence-electron chi connectivity index (χ0n) is 14.9. The van der Waals surface area contributed by atoms with Gasteiger partial charge in [-0.05, 0) is 42.5 Å². The molecule has 0 spiro atoms. The lowest BCUT2D eigenvalue weighted by atomic mass is 10.1. The largest absolute Gasteiger partial charge is 0.383 e. The van der Waals surface area contributed by atoms with Crippen LogP contribution in [-0.2, 0) is 27.2 Å². The molecule has 1 unspecified atom stereocenters. The van der Waals surface area contributed by atoms with Crippen LogP contribution in [0.1, 0.15) is 24.0 Å². The van der Waals surface area contributed by atoms with Crippen LogP contribution in [0.15, 0.2) is 18.2 Å². The molecule has 1 aliphatic heterocycles. The number of carbonyl (C=O) groups excluding carboxylic acids is 2. The van der Waals surface area contributed by atoms with E-state index in [-0.39, 0.29) is 32.0 Å². The zero-order chi connectivity index (χ0) is 18.7. The number of ether oxygens (including phenoxy) is 1. The molecule has 2 amide bonds. The van der Waals surface area contributed by atoms with Crippen molar-refractivity contribution < 1.29 is 23.1 Å². The molecule has 1 aromatic carbocycles. The first-order chi connectivity index (χ1) is 12.5. The highest BCUT2D eigenvalue weighted by molar-refractivity contribution is 6.00. The van der Waals surface area contributed by atoms with Gasteiger partial charge in [0.1, 0.15) is 0 Å². The van der Waals surface area contributed by atoms with E-state index < -0.39 is 24.8 Å². The van der Waals surface area contributed by atoms with Gasteiger partial charge in [0.05, 0.1) is 19.1 Å². The number of fused-ring (bicyclic) bond motifs is 1. The van der Waals surface area contributed by atoms with Crippen molar-refractivity contribution in [2.75, 3.05) is 38.3 Å². The first kappa shape index (κ1) is 18.8. The molecule has 5 nitrogen and oxygen atoms in total. The van der Waals surface area contributed by atoms with Crippen molar-refractivity contribution in [1.29, 1.82) is 0 Å². The zero-order valence-corrected chi connectivity index (χ0v) is 14.9. The maximum absolute atomic E-state index is 12.8. The van der Waals surface area contributed by atoms with Gasteiger partial charge < -0.3 is 14.5 Å². The molecule has 0 bridgehead atoms. The van der Waals surface area contributed by atoms with Crippen molar-refractivity contribution in [3.05, 3.63) is 29.3 Å². The Kier molecular flexibility index (Phi) is 5.86. The molecule has 7 heteroatoms. The lowest BCUT2D eigenvalue weighted by Crippen LogP contribution is -2.42. The van der Waals surface area contributed by atoms with E-state index in [1.54, 1.807) is 4.90 Å². The maximum atomic E-state index is 12.8. The number of benzene rings is 1. The molecular formula is C19H24F2N2O3. The number of hydrogen-bond acceptors (Lipinski definition) is 3. The summed E-state index contributed by atoms with van der Waals surface area (Å²) in [6.07, 6.45) is 0.638. The van der Waals surface area contributed by atoms with E-state index in [4.69, 9.17) is 4.74 Å². The number of nitrogens with zero attached hydrogens (tertiary/aromatic N) is 2. The molecule has 0 radical (unpaired) electrons. The van der Waals surface area contributed by atoms with Crippen molar-refractivity contribution in [3.8, 4) is 0 Å². The van der Waals surface area contributed by atoms with Gasteiger partial charge in [-0.15, -0.1) is 0 Å². The van der Waals surface area contributed by atoms with Crippen LogP contribution in [0.25, 0.3) is 0 Å². The summed E-state index contributed by atoms with van der Waals surface area (Å²) in [6, 6.07) is 5.98. The summed E-state index contributed by atoms with van der Waals surface area (Å²) < 4.78 is 30.5. The minimum Gasteiger partial charge on any atom is -0.383 e. The van der Waals surface area contributed by atoms with Crippen LogP contribution in [0.4, 0.5) is 14.5 Å². The molecule has 1 aliphatic carbocycles. The predicted molar refractivity (Wildman–Crippen MR) is 93.4 cm³/mol. The fraction of sp³-hybridized carbons (Fsp3) is 0.579. The van der Waals surface area contributed by atoms with E-state index in [9.17, 15) is 18.4 Å². The molecule has 142 valence electrons. The molecule has 0 saturated carbocycles. The number of hydrogen-bond donors (Lipinski definition) is 0. The lowest BCUT2D eigenvalue weighted by molar-refractivity contribution is -0.138. The van der Waals surface area contributed by atoms with Gasteiger partial charge in [0.25, 0.3) is 6.43 Å². The fourth-order valence-electron chi connectivity index (χ4n) is 3.77. The Morgan fingerprint density at radius 3 is 2.85 bits per heavy atom. The maximum Gasteiger partial charge on any atom is 0.255 e. The van der Waals surface area contributed by atoms with Gasteiger partial charge in [-0.3, -0.25) is 9.59 Å². The van der Waals surface area contributed by atoms with Gasteiger partial charge in [0.2, 0.25) is 11.8 Å². The Hall–Kier alpha value is -2.02. The second-order valence-electron chi connectivity index (χ2n) is 6.88. The molecule has 26 heavy (non-hydrogen) atoms. The Balaban J connectivity index is 1.70. The minimum atomic E-state index is -2.61. The van der Waals surface area contributed by atoms with Crippen LogP contribution in [0.2, 0.25) is 0 Å². The smallest absolute Gasteiger partial charge is 0.255 e. The normalized spacial score (nSPS) is 19.3. The molecule has 0 aromatic heterocycles. The van der Waals surface area contributed by atoms with Gasteiger partial charge in [0.15, 0.2) is 0 Å². The molecule has 2 aliphatic rings. The van der Waals surface area contributed by atoms with E-state index in [1.165, 1.54) is 18.2 Å². The van der Waals surface area contributed by atoms with Crippen LogP contribution < -0.4 is 4.90 Å². The van der Waals surface area contributed by atoms with E-state index >= 15 is 0 Å². The first-order valence-electron chi connectivity index (χ1n) is 8.97. The molecule has 1 atom stereocenters. The monoisotopic (exact) mass is 366 g/mol. The molecular weight excluding hydrogens is 342 g/mol. The van der Waals surface area contributed by atoms with E-state index in [0.29, 0.717) is 0 Å². The Morgan fingerprint density at radius 1 is 1.35 bits per heavy atom. The number of amides is 2. The summed E-state index contributed by atoms with van der Waals surface area (Å²) in [5.41, 5.74) is 3.36. The quantitative estimate of drug-likeness (QED) is 0.744. The van der Waals surface area contributed by atoms with E-state index in [0.717, 1.165) is 29.8 Å². The fourth-order valence-corrected chi connectivity index (χ4v) is 3.77. The first-order valence-corrected chi connectivity index (χ1v) is 8.97. The molecule has 1 aromatic rings. The number of alkyl halides is 2. The standard InChI is InChI=1S/C19H24F2N2O3/c1-26-8-7-22(12-17(20)21)19(25)15-10-18(24)23(11-15)16-6-5-13-3-2-4-14(13)9-16/h5-6,9,15,17H,2-4,7-8,10-12H2,1H3. The third-order valence-electron chi connectivity index (χ3n) is 5.10. The number of aryl methyl sites for hydroxylation is 2. The van der Waals surface area contributed by atoms with E-state index in [2.05, 4.69) is 0 Å². The lowest BCUT2D eigenvalue weighted by Gasteiger charge is -2.25. The van der Waals surface area contributed by atoms with Crippen molar-refractivity contribution in [1.82, 2.24) is 4.90 Å².